The predicted molar refractivity (Wildman–Crippen MR) is 108 cm³/mol. The summed E-state index contributed by atoms with van der Waals surface area (Å²) in [6, 6.07) is 13.8. The van der Waals surface area contributed by atoms with Crippen LogP contribution in [0.15, 0.2) is 47.3 Å². The Bertz CT molecular complexity index is 995. The van der Waals surface area contributed by atoms with E-state index in [0.29, 0.717) is 18.7 Å². The lowest BCUT2D eigenvalue weighted by molar-refractivity contribution is 0.106. The summed E-state index contributed by atoms with van der Waals surface area (Å²) in [5.41, 5.74) is 4.74. The SMILES string of the molecule is Cc1ccc(OCC(O)CNCc2cc3cc(C)ccc3[nH]c2=O)c(C)c1. The molecule has 1 aromatic heterocycles. The van der Waals surface area contributed by atoms with E-state index in [-0.39, 0.29) is 12.2 Å². The molecule has 1 heterocycles. The third kappa shape index (κ3) is 4.96. The van der Waals surface area contributed by atoms with Crippen molar-refractivity contribution in [2.45, 2.75) is 33.4 Å². The number of hydrogen-bond donors (Lipinski definition) is 3. The number of aryl methyl sites for hydroxylation is 3. The molecule has 1 atom stereocenters. The third-order valence-electron chi connectivity index (χ3n) is 4.53. The van der Waals surface area contributed by atoms with E-state index in [1.165, 1.54) is 5.56 Å². The second-order valence-corrected chi connectivity index (χ2v) is 7.08. The number of aliphatic hydroxyl groups is 1. The van der Waals surface area contributed by atoms with Gasteiger partial charge in [-0.3, -0.25) is 4.79 Å². The maximum Gasteiger partial charge on any atom is 0.252 e. The quantitative estimate of drug-likeness (QED) is 0.601. The maximum atomic E-state index is 12.2. The number of nitrogens with one attached hydrogen (secondary N) is 2. The molecule has 2 aromatic carbocycles. The number of aromatic nitrogens is 1. The van der Waals surface area contributed by atoms with Crippen LogP contribution < -0.4 is 15.6 Å². The lowest BCUT2D eigenvalue weighted by Crippen LogP contribution is -2.32. The molecule has 5 heteroatoms. The van der Waals surface area contributed by atoms with Gasteiger partial charge in [0.25, 0.3) is 5.56 Å². The van der Waals surface area contributed by atoms with Crippen molar-refractivity contribution < 1.29 is 9.84 Å². The molecule has 3 N–H and O–H groups in total. The summed E-state index contributed by atoms with van der Waals surface area (Å²) in [5, 5.41) is 14.3. The first-order valence-electron chi connectivity index (χ1n) is 9.14. The van der Waals surface area contributed by atoms with Crippen molar-refractivity contribution in [3.05, 3.63) is 75.1 Å². The van der Waals surface area contributed by atoms with Gasteiger partial charge in [0.1, 0.15) is 18.5 Å². The molecule has 0 aliphatic heterocycles. The van der Waals surface area contributed by atoms with Gasteiger partial charge in [-0.15, -0.1) is 0 Å². The van der Waals surface area contributed by atoms with E-state index in [2.05, 4.69) is 10.3 Å². The fraction of sp³-hybridized carbons (Fsp3) is 0.318. The number of benzene rings is 2. The smallest absolute Gasteiger partial charge is 0.252 e. The Hall–Kier alpha value is -2.63. The van der Waals surface area contributed by atoms with E-state index in [4.69, 9.17) is 4.74 Å². The minimum absolute atomic E-state index is 0.111. The summed E-state index contributed by atoms with van der Waals surface area (Å²) < 4.78 is 5.69. The molecule has 3 rings (SSSR count). The van der Waals surface area contributed by atoms with Crippen LogP contribution >= 0.6 is 0 Å². The van der Waals surface area contributed by atoms with E-state index in [0.717, 1.165) is 27.8 Å². The van der Waals surface area contributed by atoms with Gasteiger partial charge in [0, 0.05) is 24.2 Å². The third-order valence-corrected chi connectivity index (χ3v) is 4.53. The van der Waals surface area contributed by atoms with Crippen LogP contribution in [0.5, 0.6) is 5.75 Å². The number of fused-ring (bicyclic) bond motifs is 1. The van der Waals surface area contributed by atoms with E-state index < -0.39 is 6.10 Å². The van der Waals surface area contributed by atoms with E-state index in [1.54, 1.807) is 0 Å². The van der Waals surface area contributed by atoms with Gasteiger partial charge in [-0.2, -0.15) is 0 Å². The standard InChI is InChI=1S/C22H26N2O3/c1-14-5-7-21(16(3)8-14)27-13-19(25)12-23-11-18-10-17-9-15(2)4-6-20(17)24-22(18)26/h4-10,19,23,25H,11-13H2,1-3H3,(H,24,26). The minimum Gasteiger partial charge on any atom is -0.491 e. The Labute approximate surface area is 159 Å². The molecule has 1 unspecified atom stereocenters. The Balaban J connectivity index is 1.53. The topological polar surface area (TPSA) is 74.3 Å². The van der Waals surface area contributed by atoms with Crippen molar-refractivity contribution in [2.24, 2.45) is 0 Å². The second-order valence-electron chi connectivity index (χ2n) is 7.08. The molecule has 0 spiro atoms. The van der Waals surface area contributed by atoms with Crippen LogP contribution in [0.1, 0.15) is 22.3 Å². The molecule has 0 aliphatic rings. The number of aromatic amines is 1. The Morgan fingerprint density at radius 2 is 1.81 bits per heavy atom. The largest absolute Gasteiger partial charge is 0.491 e. The fourth-order valence-electron chi connectivity index (χ4n) is 3.08. The summed E-state index contributed by atoms with van der Waals surface area (Å²) in [6.07, 6.45) is -0.660. The van der Waals surface area contributed by atoms with Crippen LogP contribution in [-0.4, -0.2) is 29.3 Å². The average Bonchev–Trinajstić information content (AvgIpc) is 2.62. The van der Waals surface area contributed by atoms with Crippen LogP contribution in [0.2, 0.25) is 0 Å². The summed E-state index contributed by atoms with van der Waals surface area (Å²) in [7, 11) is 0. The minimum atomic E-state index is -0.660. The van der Waals surface area contributed by atoms with Crippen LogP contribution in [-0.2, 0) is 6.54 Å². The summed E-state index contributed by atoms with van der Waals surface area (Å²) in [4.78, 5) is 15.1. The van der Waals surface area contributed by atoms with Crippen LogP contribution in [0.3, 0.4) is 0 Å². The normalized spacial score (nSPS) is 12.3. The Morgan fingerprint density at radius 1 is 1.07 bits per heavy atom. The number of aliphatic hydroxyl groups excluding tert-OH is 1. The first-order valence-corrected chi connectivity index (χ1v) is 9.14. The molecule has 0 amide bonds. The highest BCUT2D eigenvalue weighted by atomic mass is 16.5. The van der Waals surface area contributed by atoms with Crippen molar-refractivity contribution in [3.8, 4) is 5.75 Å². The number of pyridine rings is 1. The van der Waals surface area contributed by atoms with Crippen molar-refractivity contribution in [1.29, 1.82) is 0 Å². The Kier molecular flexibility index (Phi) is 5.94. The zero-order valence-corrected chi connectivity index (χ0v) is 16.0. The van der Waals surface area contributed by atoms with Crippen LogP contribution in [0, 0.1) is 20.8 Å². The van der Waals surface area contributed by atoms with Gasteiger partial charge in [0.15, 0.2) is 0 Å². The van der Waals surface area contributed by atoms with Crippen molar-refractivity contribution in [2.75, 3.05) is 13.2 Å². The predicted octanol–water partition coefficient (Wildman–Crippen LogP) is 2.98. The van der Waals surface area contributed by atoms with Crippen molar-refractivity contribution in [1.82, 2.24) is 10.3 Å². The van der Waals surface area contributed by atoms with Crippen molar-refractivity contribution in [3.63, 3.8) is 0 Å². The number of rotatable bonds is 7. The monoisotopic (exact) mass is 366 g/mol. The molecule has 0 aliphatic carbocycles. The highest BCUT2D eigenvalue weighted by molar-refractivity contribution is 5.79. The lowest BCUT2D eigenvalue weighted by Gasteiger charge is -2.15. The van der Waals surface area contributed by atoms with Crippen LogP contribution in [0.4, 0.5) is 0 Å². The highest BCUT2D eigenvalue weighted by Gasteiger charge is 2.08. The molecular weight excluding hydrogens is 340 g/mol. The second kappa shape index (κ2) is 8.37. The van der Waals surface area contributed by atoms with Crippen molar-refractivity contribution >= 4 is 10.9 Å². The van der Waals surface area contributed by atoms with Gasteiger partial charge in [0.05, 0.1) is 0 Å². The van der Waals surface area contributed by atoms with E-state index >= 15 is 0 Å². The fourth-order valence-corrected chi connectivity index (χ4v) is 3.08. The van der Waals surface area contributed by atoms with Gasteiger partial charge in [0.2, 0.25) is 0 Å². The molecule has 0 fully saturated rings. The van der Waals surface area contributed by atoms with E-state index in [9.17, 15) is 9.90 Å². The number of H-pyrrole nitrogens is 1. The molecule has 142 valence electrons. The summed E-state index contributed by atoms with van der Waals surface area (Å²) in [6.45, 7) is 6.97. The van der Waals surface area contributed by atoms with Gasteiger partial charge in [-0.05, 0) is 56.0 Å². The summed E-state index contributed by atoms with van der Waals surface area (Å²) in [5.74, 6) is 0.779. The van der Waals surface area contributed by atoms with E-state index in [1.807, 2.05) is 63.2 Å². The Morgan fingerprint density at radius 3 is 2.59 bits per heavy atom. The molecule has 0 radical (unpaired) electrons. The molecule has 0 bridgehead atoms. The average molecular weight is 366 g/mol. The first-order chi connectivity index (χ1) is 12.9. The number of ether oxygens (including phenoxy) is 1. The molecule has 27 heavy (non-hydrogen) atoms. The molecule has 0 saturated heterocycles. The maximum absolute atomic E-state index is 12.2. The summed E-state index contributed by atoms with van der Waals surface area (Å²) >= 11 is 0. The van der Waals surface area contributed by atoms with Gasteiger partial charge < -0.3 is 20.1 Å². The van der Waals surface area contributed by atoms with Gasteiger partial charge in [-0.25, -0.2) is 0 Å². The molecule has 5 nitrogen and oxygen atoms in total. The molecular formula is C22H26N2O3. The van der Waals surface area contributed by atoms with Crippen LogP contribution in [0.25, 0.3) is 10.9 Å². The highest BCUT2D eigenvalue weighted by Crippen LogP contribution is 2.18. The molecule has 0 saturated carbocycles. The zero-order chi connectivity index (χ0) is 19.4. The van der Waals surface area contributed by atoms with Gasteiger partial charge in [-0.1, -0.05) is 29.3 Å². The number of hydrogen-bond acceptors (Lipinski definition) is 4. The lowest BCUT2D eigenvalue weighted by atomic mass is 10.1. The van der Waals surface area contributed by atoms with Gasteiger partial charge >= 0.3 is 0 Å². The first kappa shape index (κ1) is 19.1. The molecule has 3 aromatic rings. The zero-order valence-electron chi connectivity index (χ0n) is 16.0.